The first-order valence-corrected chi connectivity index (χ1v) is 6.45. The number of aryl methyl sites for hydroxylation is 2. The molecule has 0 aliphatic heterocycles. The molecular formula is C13H25N3O. The molecule has 0 saturated carbocycles. The molecule has 0 aromatic carbocycles. The van der Waals surface area contributed by atoms with Crippen LogP contribution in [-0.4, -0.2) is 29.0 Å². The lowest BCUT2D eigenvalue weighted by Crippen LogP contribution is -2.27. The van der Waals surface area contributed by atoms with E-state index in [9.17, 15) is 0 Å². The van der Waals surface area contributed by atoms with E-state index in [1.807, 2.05) is 11.7 Å². The van der Waals surface area contributed by atoms with Gasteiger partial charge in [0.15, 0.2) is 0 Å². The first-order valence-electron chi connectivity index (χ1n) is 6.45. The smallest absolute Gasteiger partial charge is 0.0670 e. The maximum absolute atomic E-state index is 5.72. The Bertz CT molecular complexity index is 333. The van der Waals surface area contributed by atoms with Gasteiger partial charge in [-0.3, -0.25) is 4.68 Å². The van der Waals surface area contributed by atoms with E-state index >= 15 is 0 Å². The average molecular weight is 239 g/mol. The molecule has 1 atom stereocenters. The minimum absolute atomic E-state index is 0.242. The third kappa shape index (κ3) is 4.13. The lowest BCUT2D eigenvalue weighted by atomic mass is 10.1. The Labute approximate surface area is 104 Å². The molecule has 1 heterocycles. The summed E-state index contributed by atoms with van der Waals surface area (Å²) in [5.74, 6) is 0. The Hall–Kier alpha value is -0.870. The van der Waals surface area contributed by atoms with Gasteiger partial charge in [-0.25, -0.2) is 0 Å². The van der Waals surface area contributed by atoms with Gasteiger partial charge in [0.2, 0.25) is 0 Å². The highest BCUT2D eigenvalue weighted by atomic mass is 16.5. The molecule has 4 nitrogen and oxygen atoms in total. The number of rotatable bonds is 7. The van der Waals surface area contributed by atoms with Gasteiger partial charge in [0.05, 0.1) is 24.4 Å². The molecule has 1 unspecified atom stereocenters. The van der Waals surface area contributed by atoms with Crippen LogP contribution in [0.15, 0.2) is 6.20 Å². The third-order valence-electron chi connectivity index (χ3n) is 2.69. The number of nitrogens with zero attached hydrogens (tertiary/aromatic N) is 2. The van der Waals surface area contributed by atoms with Crippen LogP contribution in [0.25, 0.3) is 0 Å². The first kappa shape index (κ1) is 14.2. The van der Waals surface area contributed by atoms with Gasteiger partial charge < -0.3 is 10.1 Å². The van der Waals surface area contributed by atoms with E-state index < -0.39 is 0 Å². The van der Waals surface area contributed by atoms with E-state index in [0.717, 1.165) is 18.7 Å². The van der Waals surface area contributed by atoms with Crippen LogP contribution >= 0.6 is 0 Å². The van der Waals surface area contributed by atoms with Gasteiger partial charge in [0.1, 0.15) is 0 Å². The molecule has 1 aromatic rings. The Balaban J connectivity index is 2.80. The number of hydrogen-bond donors (Lipinski definition) is 1. The van der Waals surface area contributed by atoms with Gasteiger partial charge in [0, 0.05) is 18.8 Å². The number of aromatic nitrogens is 2. The van der Waals surface area contributed by atoms with E-state index in [1.54, 1.807) is 0 Å². The fraction of sp³-hybridized carbons (Fsp3) is 0.769. The van der Waals surface area contributed by atoms with Crippen molar-refractivity contribution in [3.63, 3.8) is 0 Å². The van der Waals surface area contributed by atoms with Crippen molar-refractivity contribution in [1.82, 2.24) is 15.1 Å². The number of nitrogens with one attached hydrogen (secondary N) is 1. The fourth-order valence-corrected chi connectivity index (χ4v) is 1.91. The largest absolute Gasteiger partial charge is 0.377 e. The highest BCUT2D eigenvalue weighted by Crippen LogP contribution is 2.18. The summed E-state index contributed by atoms with van der Waals surface area (Å²) in [6.45, 7) is 10.0. The topological polar surface area (TPSA) is 39.1 Å². The monoisotopic (exact) mass is 239 g/mol. The lowest BCUT2D eigenvalue weighted by molar-refractivity contribution is 0.0612. The highest BCUT2D eigenvalue weighted by Gasteiger charge is 2.17. The van der Waals surface area contributed by atoms with Gasteiger partial charge in [-0.15, -0.1) is 0 Å². The second kappa shape index (κ2) is 6.77. The predicted molar refractivity (Wildman–Crippen MR) is 70.1 cm³/mol. The van der Waals surface area contributed by atoms with Crippen molar-refractivity contribution in [3.8, 4) is 0 Å². The second-order valence-electron chi connectivity index (χ2n) is 4.55. The first-order chi connectivity index (χ1) is 8.08. The molecule has 98 valence electrons. The molecule has 0 bridgehead atoms. The van der Waals surface area contributed by atoms with Crippen LogP contribution in [0.3, 0.4) is 0 Å². The van der Waals surface area contributed by atoms with Crippen LogP contribution in [0, 0.1) is 0 Å². The standard InChI is InChI=1S/C13H25N3O/c1-6-12-11(8-16(5)15-12)13(14-7-2)9-17-10(3)4/h8,10,13-14H,6-7,9H2,1-5H3. The Morgan fingerprint density at radius 1 is 1.41 bits per heavy atom. The van der Waals surface area contributed by atoms with Gasteiger partial charge in [-0.1, -0.05) is 13.8 Å². The molecule has 0 fully saturated rings. The van der Waals surface area contributed by atoms with Crippen molar-refractivity contribution in [3.05, 3.63) is 17.5 Å². The maximum Gasteiger partial charge on any atom is 0.0670 e. The minimum Gasteiger partial charge on any atom is -0.377 e. The summed E-state index contributed by atoms with van der Waals surface area (Å²) in [5, 5.41) is 7.94. The summed E-state index contributed by atoms with van der Waals surface area (Å²) in [5.41, 5.74) is 2.42. The van der Waals surface area contributed by atoms with Gasteiger partial charge >= 0.3 is 0 Å². The fourth-order valence-electron chi connectivity index (χ4n) is 1.91. The Kier molecular flexibility index (Phi) is 5.65. The summed E-state index contributed by atoms with van der Waals surface area (Å²) < 4.78 is 7.60. The van der Waals surface area contributed by atoms with E-state index in [0.29, 0.717) is 6.61 Å². The van der Waals surface area contributed by atoms with Gasteiger partial charge in [-0.05, 0) is 26.8 Å². The molecule has 0 saturated heterocycles. The van der Waals surface area contributed by atoms with Crippen LogP contribution in [0.1, 0.15) is 45.0 Å². The zero-order valence-corrected chi connectivity index (χ0v) is 11.7. The van der Waals surface area contributed by atoms with Crippen LogP contribution < -0.4 is 5.32 Å². The van der Waals surface area contributed by atoms with Crippen LogP contribution in [0.2, 0.25) is 0 Å². The summed E-state index contributed by atoms with van der Waals surface area (Å²) >= 11 is 0. The normalized spacial score (nSPS) is 13.3. The third-order valence-corrected chi connectivity index (χ3v) is 2.69. The van der Waals surface area contributed by atoms with Crippen molar-refractivity contribution in [1.29, 1.82) is 0 Å². The molecule has 4 heteroatoms. The zero-order valence-electron chi connectivity index (χ0n) is 11.7. The summed E-state index contributed by atoms with van der Waals surface area (Å²) in [4.78, 5) is 0. The molecule has 0 radical (unpaired) electrons. The van der Waals surface area contributed by atoms with Crippen LogP contribution in [-0.2, 0) is 18.2 Å². The van der Waals surface area contributed by atoms with Gasteiger partial charge in [0.25, 0.3) is 0 Å². The van der Waals surface area contributed by atoms with E-state index in [4.69, 9.17) is 4.74 Å². The summed E-state index contributed by atoms with van der Waals surface area (Å²) in [6.07, 6.45) is 3.31. The molecule has 0 aliphatic rings. The number of likely N-dealkylation sites (N-methyl/N-ethyl adjacent to an activating group) is 1. The predicted octanol–water partition coefficient (Wildman–Crippen LogP) is 2.06. The molecule has 1 rings (SSSR count). The van der Waals surface area contributed by atoms with Crippen LogP contribution in [0.4, 0.5) is 0 Å². The molecule has 0 amide bonds. The maximum atomic E-state index is 5.72. The Morgan fingerprint density at radius 3 is 2.65 bits per heavy atom. The Morgan fingerprint density at radius 2 is 2.12 bits per heavy atom. The van der Waals surface area contributed by atoms with Crippen molar-refractivity contribution in [2.45, 2.75) is 46.3 Å². The molecular weight excluding hydrogens is 214 g/mol. The van der Waals surface area contributed by atoms with Crippen molar-refractivity contribution in [2.24, 2.45) is 7.05 Å². The number of hydrogen-bond acceptors (Lipinski definition) is 3. The van der Waals surface area contributed by atoms with Crippen molar-refractivity contribution >= 4 is 0 Å². The summed E-state index contributed by atoms with van der Waals surface area (Å²) in [7, 11) is 1.97. The number of ether oxygens (including phenoxy) is 1. The van der Waals surface area contributed by atoms with E-state index in [1.165, 1.54) is 5.56 Å². The van der Waals surface area contributed by atoms with E-state index in [2.05, 4.69) is 44.3 Å². The SMILES string of the molecule is CCNC(COC(C)C)c1cn(C)nc1CC. The summed E-state index contributed by atoms with van der Waals surface area (Å²) in [6, 6.07) is 0.242. The van der Waals surface area contributed by atoms with Crippen molar-refractivity contribution in [2.75, 3.05) is 13.2 Å². The van der Waals surface area contributed by atoms with E-state index in [-0.39, 0.29) is 12.1 Å². The highest BCUT2D eigenvalue weighted by molar-refractivity contribution is 5.21. The molecule has 0 aliphatic carbocycles. The average Bonchev–Trinajstić information content (AvgIpc) is 2.65. The second-order valence-corrected chi connectivity index (χ2v) is 4.55. The van der Waals surface area contributed by atoms with Crippen molar-refractivity contribution < 1.29 is 4.74 Å². The quantitative estimate of drug-likeness (QED) is 0.791. The molecule has 1 N–H and O–H groups in total. The lowest BCUT2D eigenvalue weighted by Gasteiger charge is -2.19. The molecule has 17 heavy (non-hydrogen) atoms. The van der Waals surface area contributed by atoms with Crippen LogP contribution in [0.5, 0.6) is 0 Å². The molecule has 0 spiro atoms. The molecule has 1 aromatic heterocycles. The van der Waals surface area contributed by atoms with Gasteiger partial charge in [-0.2, -0.15) is 5.10 Å². The zero-order chi connectivity index (χ0) is 12.8. The minimum atomic E-state index is 0.242.